The van der Waals surface area contributed by atoms with Crippen LogP contribution in [-0.2, 0) is 14.8 Å². The van der Waals surface area contributed by atoms with Crippen LogP contribution in [0.1, 0.15) is 25.7 Å². The highest BCUT2D eigenvalue weighted by Gasteiger charge is 2.36. The molecule has 1 aliphatic rings. The predicted octanol–water partition coefficient (Wildman–Crippen LogP) is 1.71. The van der Waals surface area contributed by atoms with Crippen LogP contribution in [0.5, 0.6) is 5.75 Å². The topological polar surface area (TPSA) is 83.9 Å². The van der Waals surface area contributed by atoms with Gasteiger partial charge < -0.3 is 9.84 Å². The molecule has 0 atom stereocenters. The van der Waals surface area contributed by atoms with Gasteiger partial charge in [0, 0.05) is 6.04 Å². The number of methoxy groups -OCH3 is 1. The fourth-order valence-electron chi connectivity index (χ4n) is 2.69. The first kappa shape index (κ1) is 15.8. The number of aliphatic carboxylic acids is 1. The molecule has 0 spiro atoms. The van der Waals surface area contributed by atoms with E-state index in [1.807, 2.05) is 0 Å². The third-order valence-corrected chi connectivity index (χ3v) is 5.62. The highest BCUT2D eigenvalue weighted by Crippen LogP contribution is 2.32. The second-order valence-corrected chi connectivity index (χ2v) is 6.89. The Morgan fingerprint density at radius 3 is 2.52 bits per heavy atom. The Labute approximate surface area is 124 Å². The number of carboxylic acids is 1. The number of ether oxygens (including phenoxy) is 1. The number of hydrogen-bond acceptors (Lipinski definition) is 4. The Kier molecular flexibility index (Phi) is 4.84. The van der Waals surface area contributed by atoms with Crippen molar-refractivity contribution in [2.24, 2.45) is 0 Å². The van der Waals surface area contributed by atoms with Gasteiger partial charge in [-0.2, -0.15) is 4.31 Å². The minimum atomic E-state index is -3.89. The summed E-state index contributed by atoms with van der Waals surface area (Å²) < 4.78 is 31.8. The summed E-state index contributed by atoms with van der Waals surface area (Å²) in [6.07, 6.45) is 3.23. The molecule has 0 bridgehead atoms. The Hall–Kier alpha value is -1.60. The van der Waals surface area contributed by atoms with Crippen molar-refractivity contribution >= 4 is 16.0 Å². The summed E-state index contributed by atoms with van der Waals surface area (Å²) in [4.78, 5) is 11.1. The molecule has 1 fully saturated rings. The standard InChI is InChI=1S/C14H19NO5S/c1-20-12-8-4-5-9-13(12)21(18,19)15(10-14(16)17)11-6-2-3-7-11/h4-5,8-9,11H,2-3,6-7,10H2,1H3,(H,16,17). The number of sulfonamides is 1. The van der Waals surface area contributed by atoms with E-state index < -0.39 is 22.5 Å². The number of carbonyl (C=O) groups is 1. The van der Waals surface area contributed by atoms with Gasteiger partial charge in [0.25, 0.3) is 0 Å². The average molecular weight is 313 g/mol. The minimum Gasteiger partial charge on any atom is -0.495 e. The van der Waals surface area contributed by atoms with Crippen LogP contribution in [0.3, 0.4) is 0 Å². The largest absolute Gasteiger partial charge is 0.495 e. The van der Waals surface area contributed by atoms with Gasteiger partial charge in [-0.3, -0.25) is 4.79 Å². The van der Waals surface area contributed by atoms with Gasteiger partial charge in [0.15, 0.2) is 0 Å². The van der Waals surface area contributed by atoms with Crippen LogP contribution < -0.4 is 4.74 Å². The van der Waals surface area contributed by atoms with Gasteiger partial charge in [0.2, 0.25) is 10.0 Å². The van der Waals surface area contributed by atoms with Crippen molar-refractivity contribution in [3.05, 3.63) is 24.3 Å². The van der Waals surface area contributed by atoms with Gasteiger partial charge in [-0.15, -0.1) is 0 Å². The quantitative estimate of drug-likeness (QED) is 0.864. The Bertz CT molecular complexity index is 608. The van der Waals surface area contributed by atoms with Gasteiger partial charge >= 0.3 is 5.97 Å². The van der Waals surface area contributed by atoms with E-state index in [1.54, 1.807) is 18.2 Å². The van der Waals surface area contributed by atoms with Crippen LogP contribution in [0.2, 0.25) is 0 Å². The first-order valence-corrected chi connectivity index (χ1v) is 8.27. The SMILES string of the molecule is COc1ccccc1S(=O)(=O)N(CC(=O)O)C1CCCC1. The van der Waals surface area contributed by atoms with E-state index in [0.717, 1.165) is 17.1 Å². The summed E-state index contributed by atoms with van der Waals surface area (Å²) >= 11 is 0. The van der Waals surface area contributed by atoms with Crippen molar-refractivity contribution in [2.75, 3.05) is 13.7 Å². The number of para-hydroxylation sites is 1. The molecule has 0 aromatic heterocycles. The lowest BCUT2D eigenvalue weighted by molar-refractivity contribution is -0.137. The van der Waals surface area contributed by atoms with Gasteiger partial charge in [-0.25, -0.2) is 8.42 Å². The Morgan fingerprint density at radius 1 is 1.33 bits per heavy atom. The molecule has 1 saturated carbocycles. The molecule has 2 rings (SSSR count). The summed E-state index contributed by atoms with van der Waals surface area (Å²) in [5, 5.41) is 9.04. The maximum atomic E-state index is 12.8. The van der Waals surface area contributed by atoms with Gasteiger partial charge in [0.1, 0.15) is 17.2 Å². The van der Waals surface area contributed by atoms with Crippen LogP contribution in [0, 0.1) is 0 Å². The van der Waals surface area contributed by atoms with Gasteiger partial charge in [-0.1, -0.05) is 25.0 Å². The van der Waals surface area contributed by atoms with E-state index >= 15 is 0 Å². The lowest BCUT2D eigenvalue weighted by Gasteiger charge is -2.27. The molecule has 0 radical (unpaired) electrons. The van der Waals surface area contributed by atoms with Crippen LogP contribution in [0.25, 0.3) is 0 Å². The zero-order valence-electron chi connectivity index (χ0n) is 11.9. The first-order valence-electron chi connectivity index (χ1n) is 6.83. The summed E-state index contributed by atoms with van der Waals surface area (Å²) in [6.45, 7) is -0.523. The number of nitrogens with zero attached hydrogens (tertiary/aromatic N) is 1. The third kappa shape index (κ3) is 3.36. The third-order valence-electron chi connectivity index (χ3n) is 3.68. The molecular formula is C14H19NO5S. The molecule has 1 aliphatic carbocycles. The maximum absolute atomic E-state index is 12.8. The fraction of sp³-hybridized carbons (Fsp3) is 0.500. The van der Waals surface area contributed by atoms with Crippen molar-refractivity contribution in [1.82, 2.24) is 4.31 Å². The Morgan fingerprint density at radius 2 is 1.95 bits per heavy atom. The monoisotopic (exact) mass is 313 g/mol. The maximum Gasteiger partial charge on any atom is 0.318 e. The molecule has 1 aromatic carbocycles. The van der Waals surface area contributed by atoms with E-state index in [2.05, 4.69) is 0 Å². The van der Waals surface area contributed by atoms with Gasteiger partial charge in [0.05, 0.1) is 7.11 Å². The highest BCUT2D eigenvalue weighted by atomic mass is 32.2. The lowest BCUT2D eigenvalue weighted by atomic mass is 10.2. The van der Waals surface area contributed by atoms with Crippen molar-refractivity contribution in [3.63, 3.8) is 0 Å². The lowest BCUT2D eigenvalue weighted by Crippen LogP contribution is -2.42. The molecule has 0 heterocycles. The molecule has 0 aliphatic heterocycles. The van der Waals surface area contributed by atoms with E-state index in [0.29, 0.717) is 12.8 Å². The summed E-state index contributed by atoms with van der Waals surface area (Å²) in [6, 6.07) is 6.02. The molecule has 0 amide bonds. The van der Waals surface area contributed by atoms with Crippen molar-refractivity contribution in [2.45, 2.75) is 36.6 Å². The zero-order chi connectivity index (χ0) is 15.5. The number of rotatable bonds is 6. The molecule has 6 nitrogen and oxygen atoms in total. The predicted molar refractivity (Wildman–Crippen MR) is 76.8 cm³/mol. The molecule has 116 valence electrons. The first-order chi connectivity index (χ1) is 9.96. The normalized spacial score (nSPS) is 16.3. The van der Waals surface area contributed by atoms with Crippen molar-refractivity contribution in [1.29, 1.82) is 0 Å². The van der Waals surface area contributed by atoms with E-state index in [1.165, 1.54) is 13.2 Å². The molecule has 1 aromatic rings. The van der Waals surface area contributed by atoms with Crippen LogP contribution >= 0.6 is 0 Å². The molecule has 21 heavy (non-hydrogen) atoms. The van der Waals surface area contributed by atoms with Crippen molar-refractivity contribution < 1.29 is 23.1 Å². The summed E-state index contributed by atoms with van der Waals surface area (Å²) in [5.74, 6) is -0.925. The molecule has 1 N–H and O–H groups in total. The van der Waals surface area contributed by atoms with Crippen LogP contribution in [-0.4, -0.2) is 43.5 Å². The highest BCUT2D eigenvalue weighted by molar-refractivity contribution is 7.89. The van der Waals surface area contributed by atoms with Crippen LogP contribution in [0.4, 0.5) is 0 Å². The van der Waals surface area contributed by atoms with Gasteiger partial charge in [-0.05, 0) is 25.0 Å². The van der Waals surface area contributed by atoms with E-state index in [-0.39, 0.29) is 16.7 Å². The molecular weight excluding hydrogens is 294 g/mol. The average Bonchev–Trinajstić information content (AvgIpc) is 2.98. The van der Waals surface area contributed by atoms with Crippen LogP contribution in [0.15, 0.2) is 29.2 Å². The fourth-order valence-corrected chi connectivity index (χ4v) is 4.49. The molecule has 0 unspecified atom stereocenters. The van der Waals surface area contributed by atoms with E-state index in [4.69, 9.17) is 9.84 Å². The molecule has 0 saturated heterocycles. The smallest absolute Gasteiger partial charge is 0.318 e. The summed E-state index contributed by atoms with van der Waals surface area (Å²) in [7, 11) is -2.50. The molecule has 7 heteroatoms. The summed E-state index contributed by atoms with van der Waals surface area (Å²) in [5.41, 5.74) is 0. The number of benzene rings is 1. The van der Waals surface area contributed by atoms with E-state index in [9.17, 15) is 13.2 Å². The Balaban J connectivity index is 2.43. The zero-order valence-corrected chi connectivity index (χ0v) is 12.7. The van der Waals surface area contributed by atoms with Crippen molar-refractivity contribution in [3.8, 4) is 5.75 Å². The minimum absolute atomic E-state index is 0.0145. The number of hydrogen-bond donors (Lipinski definition) is 1. The number of carboxylic acid groups (broad SMARTS) is 1. The second-order valence-electron chi connectivity index (χ2n) is 5.03. The second kappa shape index (κ2) is 6.44.